The Morgan fingerprint density at radius 1 is 1.26 bits per heavy atom. The fourth-order valence-corrected chi connectivity index (χ4v) is 2.37. The molecule has 2 aromatic rings. The van der Waals surface area contributed by atoms with Gasteiger partial charge in [-0.2, -0.15) is 0 Å². The van der Waals surface area contributed by atoms with Gasteiger partial charge in [-0.25, -0.2) is 9.97 Å². The maximum Gasteiger partial charge on any atom is 0.275 e. The first kappa shape index (κ1) is 17.4. The summed E-state index contributed by atoms with van der Waals surface area (Å²) in [6.45, 7) is 3.60. The summed E-state index contributed by atoms with van der Waals surface area (Å²) in [5.41, 5.74) is 2.02. The van der Waals surface area contributed by atoms with Gasteiger partial charge >= 0.3 is 0 Å². The van der Waals surface area contributed by atoms with Crippen molar-refractivity contribution in [2.45, 2.75) is 6.92 Å². The van der Waals surface area contributed by atoms with E-state index in [2.05, 4.69) is 41.4 Å². The quantitative estimate of drug-likeness (QED) is 0.809. The lowest BCUT2D eigenvalue weighted by Gasteiger charge is -2.11. The highest BCUT2D eigenvalue weighted by molar-refractivity contribution is 9.10. The Labute approximate surface area is 144 Å². The molecule has 0 radical (unpaired) electrons. The molecule has 1 heterocycles. The molecule has 23 heavy (non-hydrogen) atoms. The molecule has 0 spiro atoms. The number of halogens is 1. The van der Waals surface area contributed by atoms with Gasteiger partial charge in [0.05, 0.1) is 12.4 Å². The van der Waals surface area contributed by atoms with Crippen molar-refractivity contribution >= 4 is 33.3 Å². The Hall–Kier alpha value is -1.99. The number of amides is 1. The molecule has 0 bridgehead atoms. The highest BCUT2D eigenvalue weighted by Crippen LogP contribution is 2.20. The Morgan fingerprint density at radius 2 is 2.04 bits per heavy atom. The zero-order valence-electron chi connectivity index (χ0n) is 13.4. The van der Waals surface area contributed by atoms with Crippen molar-refractivity contribution in [1.82, 2.24) is 14.9 Å². The number of aromatic nitrogens is 2. The normalized spacial score (nSPS) is 10.7. The standard InChI is InChI=1S/C16H20BrN5O/c1-11-8-12(17)4-5-13(11)21-16(23)14-9-20-15(10-19-14)18-6-7-22(2)3/h4-5,8-10H,6-7H2,1-3H3,(H,18,20)(H,21,23). The number of likely N-dealkylation sites (N-methyl/N-ethyl adjacent to an activating group) is 1. The third kappa shape index (κ3) is 5.30. The fraction of sp³-hybridized carbons (Fsp3) is 0.312. The van der Waals surface area contributed by atoms with E-state index in [9.17, 15) is 4.79 Å². The number of carbonyl (C=O) groups is 1. The molecule has 0 aliphatic heterocycles. The van der Waals surface area contributed by atoms with Gasteiger partial charge in [0.15, 0.2) is 0 Å². The summed E-state index contributed by atoms with van der Waals surface area (Å²) in [6.07, 6.45) is 3.04. The van der Waals surface area contributed by atoms with Gasteiger partial charge < -0.3 is 15.5 Å². The monoisotopic (exact) mass is 377 g/mol. The average Bonchev–Trinajstić information content (AvgIpc) is 2.50. The average molecular weight is 378 g/mol. The number of rotatable bonds is 6. The van der Waals surface area contributed by atoms with Crippen LogP contribution < -0.4 is 10.6 Å². The van der Waals surface area contributed by atoms with Gasteiger partial charge in [0.1, 0.15) is 11.5 Å². The number of hydrogen-bond acceptors (Lipinski definition) is 5. The lowest BCUT2D eigenvalue weighted by Crippen LogP contribution is -2.21. The topological polar surface area (TPSA) is 70.2 Å². The minimum atomic E-state index is -0.275. The largest absolute Gasteiger partial charge is 0.368 e. The molecule has 1 aromatic carbocycles. The second-order valence-electron chi connectivity index (χ2n) is 5.43. The summed E-state index contributed by atoms with van der Waals surface area (Å²) >= 11 is 3.40. The number of nitrogens with one attached hydrogen (secondary N) is 2. The van der Waals surface area contributed by atoms with Crippen LogP contribution in [0.15, 0.2) is 35.1 Å². The zero-order valence-corrected chi connectivity index (χ0v) is 15.0. The molecule has 6 nitrogen and oxygen atoms in total. The number of nitrogens with zero attached hydrogens (tertiary/aromatic N) is 3. The zero-order chi connectivity index (χ0) is 16.8. The predicted molar refractivity (Wildman–Crippen MR) is 95.9 cm³/mol. The van der Waals surface area contributed by atoms with E-state index in [-0.39, 0.29) is 11.6 Å². The summed E-state index contributed by atoms with van der Waals surface area (Å²) < 4.78 is 0.973. The summed E-state index contributed by atoms with van der Waals surface area (Å²) in [5, 5.41) is 6.00. The van der Waals surface area contributed by atoms with E-state index in [1.54, 1.807) is 6.20 Å². The van der Waals surface area contributed by atoms with Crippen molar-refractivity contribution < 1.29 is 4.79 Å². The summed E-state index contributed by atoms with van der Waals surface area (Å²) in [7, 11) is 4.01. The smallest absolute Gasteiger partial charge is 0.275 e. The van der Waals surface area contributed by atoms with Gasteiger partial charge in [0.2, 0.25) is 0 Å². The van der Waals surface area contributed by atoms with Crippen LogP contribution in [0.25, 0.3) is 0 Å². The van der Waals surface area contributed by atoms with Crippen LogP contribution in [-0.4, -0.2) is 48.0 Å². The number of anilines is 2. The van der Waals surface area contributed by atoms with E-state index >= 15 is 0 Å². The molecule has 0 atom stereocenters. The van der Waals surface area contributed by atoms with E-state index in [4.69, 9.17) is 0 Å². The fourth-order valence-electron chi connectivity index (χ4n) is 1.90. The second-order valence-corrected chi connectivity index (χ2v) is 6.35. The Balaban J connectivity index is 1.97. The molecule has 2 N–H and O–H groups in total. The van der Waals surface area contributed by atoms with Crippen LogP contribution >= 0.6 is 15.9 Å². The van der Waals surface area contributed by atoms with Crippen LogP contribution in [0.2, 0.25) is 0 Å². The minimum Gasteiger partial charge on any atom is -0.368 e. The van der Waals surface area contributed by atoms with E-state index in [1.807, 2.05) is 39.2 Å². The van der Waals surface area contributed by atoms with Crippen molar-refractivity contribution in [3.63, 3.8) is 0 Å². The van der Waals surface area contributed by atoms with E-state index in [1.165, 1.54) is 6.20 Å². The van der Waals surface area contributed by atoms with Crippen LogP contribution in [-0.2, 0) is 0 Å². The highest BCUT2D eigenvalue weighted by atomic mass is 79.9. The lowest BCUT2D eigenvalue weighted by molar-refractivity contribution is 0.102. The van der Waals surface area contributed by atoms with Gasteiger partial charge in [-0.05, 0) is 44.8 Å². The van der Waals surface area contributed by atoms with Crippen molar-refractivity contribution in [2.75, 3.05) is 37.8 Å². The number of carbonyl (C=O) groups excluding carboxylic acids is 1. The van der Waals surface area contributed by atoms with Crippen LogP contribution in [0, 0.1) is 6.92 Å². The number of benzene rings is 1. The first-order valence-electron chi connectivity index (χ1n) is 7.24. The molecule has 0 aliphatic carbocycles. The maximum atomic E-state index is 12.2. The molecule has 0 aliphatic rings. The predicted octanol–water partition coefficient (Wildman–Crippen LogP) is 2.77. The number of hydrogen-bond donors (Lipinski definition) is 2. The van der Waals surface area contributed by atoms with Crippen LogP contribution in [0.5, 0.6) is 0 Å². The molecule has 2 rings (SSSR count). The van der Waals surface area contributed by atoms with Gasteiger partial charge in [-0.3, -0.25) is 4.79 Å². The molecule has 7 heteroatoms. The molecular weight excluding hydrogens is 358 g/mol. The molecule has 1 amide bonds. The molecule has 0 unspecified atom stereocenters. The summed E-state index contributed by atoms with van der Waals surface area (Å²) in [5.74, 6) is 0.381. The Morgan fingerprint density at radius 3 is 2.65 bits per heavy atom. The molecule has 0 saturated heterocycles. The van der Waals surface area contributed by atoms with Gasteiger partial charge in [0.25, 0.3) is 5.91 Å². The first-order valence-corrected chi connectivity index (χ1v) is 8.03. The molecule has 0 fully saturated rings. The van der Waals surface area contributed by atoms with E-state index < -0.39 is 0 Å². The molecule has 0 saturated carbocycles. The third-order valence-electron chi connectivity index (χ3n) is 3.19. The SMILES string of the molecule is Cc1cc(Br)ccc1NC(=O)c1cnc(NCCN(C)C)cn1. The van der Waals surface area contributed by atoms with E-state index in [0.717, 1.165) is 28.8 Å². The van der Waals surface area contributed by atoms with E-state index in [0.29, 0.717) is 5.82 Å². The summed E-state index contributed by atoms with van der Waals surface area (Å²) in [4.78, 5) is 22.7. The first-order chi connectivity index (χ1) is 11.0. The molecule has 122 valence electrons. The second kappa shape index (κ2) is 8.03. The molecule has 1 aromatic heterocycles. The minimum absolute atomic E-state index is 0.275. The Bertz CT molecular complexity index is 673. The van der Waals surface area contributed by atoms with Gasteiger partial charge in [-0.15, -0.1) is 0 Å². The number of aryl methyl sites for hydroxylation is 1. The third-order valence-corrected chi connectivity index (χ3v) is 3.68. The van der Waals surface area contributed by atoms with Crippen molar-refractivity contribution in [2.24, 2.45) is 0 Å². The van der Waals surface area contributed by atoms with Gasteiger partial charge in [0, 0.05) is 23.2 Å². The van der Waals surface area contributed by atoms with Crippen LogP contribution in [0.1, 0.15) is 16.1 Å². The maximum absolute atomic E-state index is 12.2. The summed E-state index contributed by atoms with van der Waals surface area (Å²) in [6, 6.07) is 5.67. The van der Waals surface area contributed by atoms with Crippen molar-refractivity contribution in [1.29, 1.82) is 0 Å². The highest BCUT2D eigenvalue weighted by Gasteiger charge is 2.10. The van der Waals surface area contributed by atoms with Crippen LogP contribution in [0.4, 0.5) is 11.5 Å². The van der Waals surface area contributed by atoms with Gasteiger partial charge in [-0.1, -0.05) is 15.9 Å². The Kier molecular flexibility index (Phi) is 6.06. The lowest BCUT2D eigenvalue weighted by atomic mass is 10.2. The van der Waals surface area contributed by atoms with Crippen LogP contribution in [0.3, 0.4) is 0 Å². The van der Waals surface area contributed by atoms with Crippen molar-refractivity contribution in [3.8, 4) is 0 Å². The van der Waals surface area contributed by atoms with Crippen molar-refractivity contribution in [3.05, 3.63) is 46.3 Å². The molecular formula is C16H20BrN5O.